The third-order valence-electron chi connectivity index (χ3n) is 3.21. The molecule has 1 unspecified atom stereocenters. The minimum absolute atomic E-state index is 0.402. The second kappa shape index (κ2) is 6.77. The minimum atomic E-state index is -0.402. The number of aryl methyl sites for hydroxylation is 2. The molecule has 1 N–H and O–H groups in total. The number of halogens is 1. The van der Waals surface area contributed by atoms with Crippen LogP contribution in [0.1, 0.15) is 38.8 Å². The second-order valence-corrected chi connectivity index (χ2v) is 4.91. The molecule has 0 aromatic carbocycles. The van der Waals surface area contributed by atoms with Gasteiger partial charge >= 0.3 is 0 Å². The molecule has 0 aliphatic carbocycles. The number of hydrogen-bond donors (Lipinski definition) is 1. The molecule has 100 valence electrons. The SMILES string of the molecule is CCNC(C#N)(CC)CCCn1cc(Cl)c(C)n1. The first kappa shape index (κ1) is 15.0. The lowest BCUT2D eigenvalue weighted by atomic mass is 9.92. The molecule has 1 aromatic heterocycles. The lowest BCUT2D eigenvalue weighted by Gasteiger charge is -2.25. The largest absolute Gasteiger partial charge is 0.300 e. The number of rotatable bonds is 7. The summed E-state index contributed by atoms with van der Waals surface area (Å²) in [6, 6.07) is 2.40. The molecule has 18 heavy (non-hydrogen) atoms. The standard InChI is InChI=1S/C13H21ClN4/c1-4-13(10-15,16-5-2)7-6-8-18-9-12(14)11(3)17-18/h9,16H,4-8H2,1-3H3. The van der Waals surface area contributed by atoms with Crippen LogP contribution in [-0.2, 0) is 6.54 Å². The van der Waals surface area contributed by atoms with Crippen molar-refractivity contribution < 1.29 is 0 Å². The van der Waals surface area contributed by atoms with Crippen molar-refractivity contribution in [3.63, 3.8) is 0 Å². The zero-order valence-electron chi connectivity index (χ0n) is 11.3. The van der Waals surface area contributed by atoms with Crippen LogP contribution in [0, 0.1) is 18.3 Å². The second-order valence-electron chi connectivity index (χ2n) is 4.51. The number of nitrogens with zero attached hydrogens (tertiary/aromatic N) is 3. The Morgan fingerprint density at radius 1 is 1.56 bits per heavy atom. The molecule has 5 heteroatoms. The molecule has 0 saturated heterocycles. The predicted octanol–water partition coefficient (Wildman–Crippen LogP) is 2.91. The topological polar surface area (TPSA) is 53.6 Å². The Bertz CT molecular complexity index is 402. The number of aromatic nitrogens is 2. The average molecular weight is 269 g/mol. The highest BCUT2D eigenvalue weighted by Gasteiger charge is 2.25. The van der Waals surface area contributed by atoms with Crippen LogP contribution in [0.5, 0.6) is 0 Å². The van der Waals surface area contributed by atoms with E-state index in [1.807, 2.05) is 31.6 Å². The maximum absolute atomic E-state index is 9.30. The summed E-state index contributed by atoms with van der Waals surface area (Å²) in [5.74, 6) is 0. The molecule has 0 amide bonds. The number of nitrogens with one attached hydrogen (secondary N) is 1. The first-order valence-corrected chi connectivity index (χ1v) is 6.80. The maximum Gasteiger partial charge on any atom is 0.106 e. The van der Waals surface area contributed by atoms with Gasteiger partial charge in [-0.15, -0.1) is 0 Å². The van der Waals surface area contributed by atoms with Crippen LogP contribution < -0.4 is 5.32 Å². The van der Waals surface area contributed by atoms with E-state index in [9.17, 15) is 5.26 Å². The van der Waals surface area contributed by atoms with Gasteiger partial charge in [0.1, 0.15) is 5.54 Å². The third-order valence-corrected chi connectivity index (χ3v) is 3.58. The van der Waals surface area contributed by atoms with E-state index in [0.717, 1.165) is 38.0 Å². The lowest BCUT2D eigenvalue weighted by Crippen LogP contribution is -2.43. The first-order valence-electron chi connectivity index (χ1n) is 6.42. The summed E-state index contributed by atoms with van der Waals surface area (Å²) in [5.41, 5.74) is 0.450. The van der Waals surface area contributed by atoms with Gasteiger partial charge in [0.15, 0.2) is 0 Å². The van der Waals surface area contributed by atoms with Crippen molar-refractivity contribution in [2.45, 2.75) is 52.1 Å². The Labute approximate surface area is 114 Å². The summed E-state index contributed by atoms with van der Waals surface area (Å²) in [6.07, 6.45) is 4.39. The average Bonchev–Trinajstić information content (AvgIpc) is 2.67. The van der Waals surface area contributed by atoms with Crippen molar-refractivity contribution >= 4 is 11.6 Å². The predicted molar refractivity (Wildman–Crippen MR) is 73.5 cm³/mol. The summed E-state index contributed by atoms with van der Waals surface area (Å²) in [4.78, 5) is 0. The van der Waals surface area contributed by atoms with E-state index in [-0.39, 0.29) is 0 Å². The van der Waals surface area contributed by atoms with E-state index in [4.69, 9.17) is 11.6 Å². The molecule has 0 bridgehead atoms. The van der Waals surface area contributed by atoms with Crippen molar-refractivity contribution in [3.8, 4) is 6.07 Å². The van der Waals surface area contributed by atoms with Gasteiger partial charge in [0, 0.05) is 12.7 Å². The third kappa shape index (κ3) is 3.72. The van der Waals surface area contributed by atoms with Crippen LogP contribution in [0.25, 0.3) is 0 Å². The molecule has 0 spiro atoms. The van der Waals surface area contributed by atoms with Crippen LogP contribution in [-0.4, -0.2) is 21.9 Å². The molecule has 1 aromatic rings. The zero-order chi connectivity index (χ0) is 13.6. The van der Waals surface area contributed by atoms with Gasteiger partial charge in [-0.25, -0.2) is 0 Å². The van der Waals surface area contributed by atoms with Crippen molar-refractivity contribution in [2.24, 2.45) is 0 Å². The van der Waals surface area contributed by atoms with Gasteiger partial charge in [-0.2, -0.15) is 10.4 Å². The fourth-order valence-electron chi connectivity index (χ4n) is 2.05. The summed E-state index contributed by atoms with van der Waals surface area (Å²) >= 11 is 5.95. The van der Waals surface area contributed by atoms with E-state index in [2.05, 4.69) is 16.5 Å². The highest BCUT2D eigenvalue weighted by atomic mass is 35.5. The van der Waals surface area contributed by atoms with Crippen LogP contribution in [0.2, 0.25) is 5.02 Å². The van der Waals surface area contributed by atoms with Gasteiger partial charge in [-0.05, 0) is 32.7 Å². The van der Waals surface area contributed by atoms with Crippen molar-refractivity contribution in [1.82, 2.24) is 15.1 Å². The number of nitriles is 1. The molecule has 0 fully saturated rings. The summed E-state index contributed by atoms with van der Waals surface area (Å²) in [6.45, 7) is 7.57. The highest BCUT2D eigenvalue weighted by Crippen LogP contribution is 2.18. The van der Waals surface area contributed by atoms with Gasteiger partial charge in [-0.3, -0.25) is 10.00 Å². The molecular formula is C13H21ClN4. The van der Waals surface area contributed by atoms with Crippen molar-refractivity contribution in [1.29, 1.82) is 5.26 Å². The smallest absolute Gasteiger partial charge is 0.106 e. The normalized spacial score (nSPS) is 14.2. The van der Waals surface area contributed by atoms with Gasteiger partial charge in [0.05, 0.1) is 16.8 Å². The fraction of sp³-hybridized carbons (Fsp3) is 0.692. The van der Waals surface area contributed by atoms with Gasteiger partial charge in [0.2, 0.25) is 0 Å². The monoisotopic (exact) mass is 268 g/mol. The van der Waals surface area contributed by atoms with E-state index in [1.54, 1.807) is 0 Å². The number of hydrogen-bond acceptors (Lipinski definition) is 3. The van der Waals surface area contributed by atoms with Crippen LogP contribution in [0.4, 0.5) is 0 Å². The molecule has 0 aliphatic heterocycles. The van der Waals surface area contributed by atoms with E-state index in [1.165, 1.54) is 0 Å². The van der Waals surface area contributed by atoms with E-state index >= 15 is 0 Å². The van der Waals surface area contributed by atoms with E-state index in [0.29, 0.717) is 5.02 Å². The molecule has 1 rings (SSSR count). The zero-order valence-corrected chi connectivity index (χ0v) is 12.1. The summed E-state index contributed by atoms with van der Waals surface area (Å²) in [7, 11) is 0. The Hall–Kier alpha value is -1.05. The van der Waals surface area contributed by atoms with Crippen LogP contribution in [0.3, 0.4) is 0 Å². The minimum Gasteiger partial charge on any atom is -0.300 e. The molecule has 1 atom stereocenters. The Morgan fingerprint density at radius 3 is 2.72 bits per heavy atom. The van der Waals surface area contributed by atoms with Crippen LogP contribution in [0.15, 0.2) is 6.20 Å². The first-order chi connectivity index (χ1) is 8.56. The highest BCUT2D eigenvalue weighted by molar-refractivity contribution is 6.31. The Kier molecular flexibility index (Phi) is 5.64. The summed E-state index contributed by atoms with van der Waals surface area (Å²) in [5, 5.41) is 17.6. The van der Waals surface area contributed by atoms with E-state index < -0.39 is 5.54 Å². The Morgan fingerprint density at radius 2 is 2.28 bits per heavy atom. The molecule has 0 aliphatic rings. The molecular weight excluding hydrogens is 248 g/mol. The molecule has 0 radical (unpaired) electrons. The van der Waals surface area contributed by atoms with Crippen LogP contribution >= 0.6 is 11.6 Å². The lowest BCUT2D eigenvalue weighted by molar-refractivity contribution is 0.358. The van der Waals surface area contributed by atoms with Crippen molar-refractivity contribution in [2.75, 3.05) is 6.54 Å². The van der Waals surface area contributed by atoms with Gasteiger partial charge in [-0.1, -0.05) is 25.4 Å². The quantitative estimate of drug-likeness (QED) is 0.827. The van der Waals surface area contributed by atoms with Gasteiger partial charge < -0.3 is 0 Å². The summed E-state index contributed by atoms with van der Waals surface area (Å²) < 4.78 is 1.85. The molecule has 0 saturated carbocycles. The molecule has 1 heterocycles. The molecule has 4 nitrogen and oxygen atoms in total. The Balaban J connectivity index is 2.51. The fourth-order valence-corrected chi connectivity index (χ4v) is 2.20. The van der Waals surface area contributed by atoms with Crippen molar-refractivity contribution in [3.05, 3.63) is 16.9 Å². The maximum atomic E-state index is 9.30. The van der Waals surface area contributed by atoms with Gasteiger partial charge in [0.25, 0.3) is 0 Å².